The smallest absolute Gasteiger partial charge is 0.312 e. The van der Waals surface area contributed by atoms with Gasteiger partial charge in [0, 0.05) is 0 Å². The summed E-state index contributed by atoms with van der Waals surface area (Å²) in [6.45, 7) is 5.42. The number of rotatable bonds is 5. The molecule has 0 atom stereocenters. The van der Waals surface area contributed by atoms with Crippen LogP contribution in [0.4, 0.5) is 10.1 Å². The lowest BCUT2D eigenvalue weighted by Crippen LogP contribution is -3.14. The highest BCUT2D eigenvalue weighted by molar-refractivity contribution is 7.89. The van der Waals surface area contributed by atoms with E-state index in [1.165, 1.54) is 16.4 Å². The molecule has 1 N–H and O–H groups in total. The van der Waals surface area contributed by atoms with Crippen LogP contribution >= 0.6 is 0 Å². The number of piperazine rings is 1. The lowest BCUT2D eigenvalue weighted by Gasteiger charge is -2.31. The monoisotopic (exact) mass is 398 g/mol. The van der Waals surface area contributed by atoms with E-state index in [4.69, 9.17) is 0 Å². The molecule has 0 unspecified atom stereocenters. The number of quaternary nitrogens is 1. The summed E-state index contributed by atoms with van der Waals surface area (Å²) in [6.07, 6.45) is 0. The Hall–Kier alpha value is -2.37. The van der Waals surface area contributed by atoms with Crippen molar-refractivity contribution in [2.75, 3.05) is 26.2 Å². The van der Waals surface area contributed by atoms with E-state index >= 15 is 0 Å². The molecule has 0 bridgehead atoms. The number of aromatic nitrogens is 2. The second kappa shape index (κ2) is 7.33. The van der Waals surface area contributed by atoms with Crippen molar-refractivity contribution in [3.8, 4) is 0 Å². The minimum absolute atomic E-state index is 0.0203. The maximum atomic E-state index is 13.0. The van der Waals surface area contributed by atoms with Crippen molar-refractivity contribution in [1.29, 1.82) is 0 Å². The molecule has 0 spiro atoms. The number of benzene rings is 1. The molecule has 146 valence electrons. The highest BCUT2D eigenvalue weighted by atomic mass is 32.2. The highest BCUT2D eigenvalue weighted by Gasteiger charge is 2.31. The quantitative estimate of drug-likeness (QED) is 0.568. The number of nitrogens with one attached hydrogen (secondary N) is 1. The number of nitrogens with zero attached hydrogens (tertiary/aromatic N) is 4. The molecular weight excluding hydrogens is 377 g/mol. The number of sulfonamides is 1. The van der Waals surface area contributed by atoms with Gasteiger partial charge < -0.3 is 4.90 Å². The second-order valence-corrected chi connectivity index (χ2v) is 8.48. The number of aryl methyl sites for hydroxylation is 1. The summed E-state index contributed by atoms with van der Waals surface area (Å²) in [4.78, 5) is 11.8. The summed E-state index contributed by atoms with van der Waals surface area (Å²) in [5.74, 6) is -0.484. The Bertz CT molecular complexity index is 950. The van der Waals surface area contributed by atoms with Crippen LogP contribution in [0.1, 0.15) is 11.4 Å². The van der Waals surface area contributed by atoms with Crippen LogP contribution < -0.4 is 4.90 Å². The molecule has 1 saturated heterocycles. The van der Waals surface area contributed by atoms with Crippen molar-refractivity contribution in [1.82, 2.24) is 14.1 Å². The first-order valence-electron chi connectivity index (χ1n) is 8.48. The maximum Gasteiger partial charge on any atom is 0.312 e. The first-order chi connectivity index (χ1) is 12.7. The predicted octanol–water partition coefficient (Wildman–Crippen LogP) is 0.0941. The zero-order chi connectivity index (χ0) is 19.8. The third kappa shape index (κ3) is 3.84. The van der Waals surface area contributed by atoms with Crippen molar-refractivity contribution >= 4 is 15.7 Å². The minimum atomic E-state index is -3.66. The van der Waals surface area contributed by atoms with Crippen LogP contribution in [0.15, 0.2) is 29.2 Å². The van der Waals surface area contributed by atoms with E-state index in [0.29, 0.717) is 44.2 Å². The lowest BCUT2D eigenvalue weighted by atomic mass is 10.3. The molecular formula is C16H21FN5O4S+. The van der Waals surface area contributed by atoms with Gasteiger partial charge in [-0.05, 0) is 38.1 Å². The van der Waals surface area contributed by atoms with Crippen molar-refractivity contribution < 1.29 is 22.6 Å². The van der Waals surface area contributed by atoms with Crippen molar-refractivity contribution in [2.45, 2.75) is 25.4 Å². The summed E-state index contributed by atoms with van der Waals surface area (Å²) < 4.78 is 41.3. The van der Waals surface area contributed by atoms with Gasteiger partial charge in [-0.25, -0.2) is 17.5 Å². The van der Waals surface area contributed by atoms with Crippen LogP contribution in [0, 0.1) is 29.8 Å². The van der Waals surface area contributed by atoms with Gasteiger partial charge in [0.25, 0.3) is 0 Å². The molecule has 2 aromatic rings. The van der Waals surface area contributed by atoms with Gasteiger partial charge in [-0.15, -0.1) is 0 Å². The molecule has 3 rings (SSSR count). The fourth-order valence-corrected chi connectivity index (χ4v) is 4.72. The second-order valence-electron chi connectivity index (χ2n) is 6.54. The van der Waals surface area contributed by atoms with Crippen molar-refractivity contribution in [2.24, 2.45) is 0 Å². The molecule has 1 aliphatic heterocycles. The number of nitro groups is 1. The average molecular weight is 398 g/mol. The number of hydrogen-bond donors (Lipinski definition) is 1. The standard InChI is InChI=1S/C16H20FN5O4S/c1-12-16(22(23)24)13(2)21(18-12)11-19-7-9-20(10-8-19)27(25,26)15-5-3-14(17)4-6-15/h3-6H,7-11H2,1-2H3/p+1. The van der Waals surface area contributed by atoms with E-state index in [1.54, 1.807) is 18.5 Å². The highest BCUT2D eigenvalue weighted by Crippen LogP contribution is 2.21. The van der Waals surface area contributed by atoms with Gasteiger partial charge >= 0.3 is 5.69 Å². The Morgan fingerprint density at radius 1 is 1.22 bits per heavy atom. The van der Waals surface area contributed by atoms with Crippen LogP contribution in [-0.4, -0.2) is 53.6 Å². The molecule has 1 aromatic carbocycles. The van der Waals surface area contributed by atoms with Gasteiger partial charge in [0.05, 0.1) is 36.0 Å². The van der Waals surface area contributed by atoms with E-state index in [2.05, 4.69) is 5.10 Å². The van der Waals surface area contributed by atoms with Crippen LogP contribution in [-0.2, 0) is 16.7 Å². The Balaban J connectivity index is 1.66. The van der Waals surface area contributed by atoms with Gasteiger partial charge in [-0.1, -0.05) is 0 Å². The molecule has 1 fully saturated rings. The zero-order valence-electron chi connectivity index (χ0n) is 15.1. The Morgan fingerprint density at radius 2 is 1.81 bits per heavy atom. The van der Waals surface area contributed by atoms with Gasteiger partial charge in [0.1, 0.15) is 17.2 Å². The Kier molecular flexibility index (Phi) is 5.27. The van der Waals surface area contributed by atoms with Crippen LogP contribution in [0.3, 0.4) is 0 Å². The maximum absolute atomic E-state index is 13.0. The fourth-order valence-electron chi connectivity index (χ4n) is 3.27. The third-order valence-electron chi connectivity index (χ3n) is 4.78. The first kappa shape index (κ1) is 19.4. The molecule has 11 heteroatoms. The van der Waals surface area contributed by atoms with Gasteiger partial charge in [-0.2, -0.15) is 9.40 Å². The van der Waals surface area contributed by atoms with E-state index in [1.807, 2.05) is 0 Å². The first-order valence-corrected chi connectivity index (χ1v) is 9.92. The van der Waals surface area contributed by atoms with E-state index < -0.39 is 20.8 Å². The SMILES string of the molecule is Cc1nn(C[NH+]2CCN(S(=O)(=O)c3ccc(F)cc3)CC2)c(C)c1[N+](=O)[O-]. The lowest BCUT2D eigenvalue weighted by molar-refractivity contribution is -0.926. The van der Waals surface area contributed by atoms with E-state index in [9.17, 15) is 22.9 Å². The molecule has 27 heavy (non-hydrogen) atoms. The number of hydrogen-bond acceptors (Lipinski definition) is 5. The number of halogens is 1. The Morgan fingerprint density at radius 3 is 2.33 bits per heavy atom. The summed E-state index contributed by atoms with van der Waals surface area (Å²) in [6, 6.07) is 4.78. The molecule has 2 heterocycles. The van der Waals surface area contributed by atoms with E-state index in [-0.39, 0.29) is 10.6 Å². The molecule has 9 nitrogen and oxygen atoms in total. The average Bonchev–Trinajstić information content (AvgIpc) is 2.89. The van der Waals surface area contributed by atoms with Gasteiger partial charge in [0.15, 0.2) is 6.67 Å². The van der Waals surface area contributed by atoms with Crippen molar-refractivity contribution in [3.63, 3.8) is 0 Å². The molecule has 0 radical (unpaired) electrons. The van der Waals surface area contributed by atoms with Crippen LogP contribution in [0.25, 0.3) is 0 Å². The fraction of sp³-hybridized carbons (Fsp3) is 0.438. The van der Waals surface area contributed by atoms with Gasteiger partial charge in [0.2, 0.25) is 10.0 Å². The predicted molar refractivity (Wildman–Crippen MR) is 94.2 cm³/mol. The zero-order valence-corrected chi connectivity index (χ0v) is 15.9. The van der Waals surface area contributed by atoms with E-state index in [0.717, 1.165) is 17.0 Å². The molecule has 0 aliphatic carbocycles. The minimum Gasteiger partial charge on any atom is -0.314 e. The van der Waals surface area contributed by atoms with Gasteiger partial charge in [-0.3, -0.25) is 10.1 Å². The van der Waals surface area contributed by atoms with Crippen LogP contribution in [0.2, 0.25) is 0 Å². The summed E-state index contributed by atoms with van der Waals surface area (Å²) >= 11 is 0. The summed E-state index contributed by atoms with van der Waals surface area (Å²) in [5.41, 5.74) is 0.882. The van der Waals surface area contributed by atoms with Crippen molar-refractivity contribution in [3.05, 3.63) is 51.6 Å². The molecule has 0 amide bonds. The topological polar surface area (TPSA) is 103 Å². The molecule has 1 aliphatic rings. The summed E-state index contributed by atoms with van der Waals surface area (Å²) in [5, 5.41) is 15.3. The Labute approximate surface area is 156 Å². The largest absolute Gasteiger partial charge is 0.314 e. The normalized spacial score (nSPS) is 16.6. The third-order valence-corrected chi connectivity index (χ3v) is 6.69. The van der Waals surface area contributed by atoms with Crippen LogP contribution in [0.5, 0.6) is 0 Å². The molecule has 0 saturated carbocycles. The summed E-state index contributed by atoms with van der Waals surface area (Å²) in [7, 11) is -3.66. The molecule has 1 aromatic heterocycles.